The van der Waals surface area contributed by atoms with Gasteiger partial charge in [0.15, 0.2) is 0 Å². The van der Waals surface area contributed by atoms with Gasteiger partial charge in [0, 0.05) is 23.6 Å². The van der Waals surface area contributed by atoms with E-state index in [4.69, 9.17) is 10.00 Å². The molecule has 2 nitrogen and oxygen atoms in total. The molecule has 10 heteroatoms. The first-order valence-electron chi connectivity index (χ1n) is 10.7. The van der Waals surface area contributed by atoms with Gasteiger partial charge in [0.05, 0.1) is 17.7 Å². The summed E-state index contributed by atoms with van der Waals surface area (Å²) < 4.78 is 110. The Labute approximate surface area is 192 Å². The van der Waals surface area contributed by atoms with Crippen LogP contribution in [0, 0.1) is 23.0 Å². The number of nitrogens with zero attached hydrogens (tertiary/aromatic N) is 1. The van der Waals surface area contributed by atoms with Crippen LogP contribution in [-0.2, 0) is 6.18 Å². The highest BCUT2D eigenvalue weighted by atomic mass is 19.4. The Balaban J connectivity index is 1.95. The fourth-order valence-corrected chi connectivity index (χ4v) is 3.37. The third-order valence-corrected chi connectivity index (χ3v) is 5.12. The molecule has 0 fully saturated rings. The van der Waals surface area contributed by atoms with Gasteiger partial charge < -0.3 is 4.74 Å². The molecule has 34 heavy (non-hydrogen) atoms. The molecular weight excluding hydrogens is 470 g/mol. The number of alkyl halides is 6. The lowest BCUT2D eigenvalue weighted by Gasteiger charge is -2.13. The van der Waals surface area contributed by atoms with Crippen LogP contribution in [0.2, 0.25) is 0 Å². The molecule has 0 aromatic heterocycles. The van der Waals surface area contributed by atoms with Crippen LogP contribution in [0.5, 0.6) is 5.75 Å². The lowest BCUT2D eigenvalue weighted by atomic mass is 9.99. The molecule has 2 aromatic carbocycles. The molecule has 0 radical (unpaired) electrons. The second kappa shape index (κ2) is 12.0. The summed E-state index contributed by atoms with van der Waals surface area (Å²) in [6, 6.07) is 5.33. The summed E-state index contributed by atoms with van der Waals surface area (Å²) in [7, 11) is 0. The van der Waals surface area contributed by atoms with E-state index in [1.165, 1.54) is 0 Å². The lowest BCUT2D eigenvalue weighted by Crippen LogP contribution is -2.06. The topological polar surface area (TPSA) is 33.0 Å². The average Bonchev–Trinajstić information content (AvgIpc) is 2.74. The number of halogens is 8. The van der Waals surface area contributed by atoms with E-state index in [0.29, 0.717) is 37.5 Å². The summed E-state index contributed by atoms with van der Waals surface area (Å²) in [5.74, 6) is -2.22. The van der Waals surface area contributed by atoms with Crippen LogP contribution < -0.4 is 4.74 Å². The number of unbranched alkanes of at least 4 members (excludes halogenated alkanes) is 6. The molecule has 0 amide bonds. The number of nitriles is 1. The summed E-state index contributed by atoms with van der Waals surface area (Å²) in [5.41, 5.74) is -2.81. The quantitative estimate of drug-likeness (QED) is 0.232. The number of rotatable bonds is 11. The van der Waals surface area contributed by atoms with Crippen molar-refractivity contribution >= 4 is 0 Å². The maximum absolute atomic E-state index is 14.6. The van der Waals surface area contributed by atoms with Crippen LogP contribution in [0.3, 0.4) is 0 Å². The van der Waals surface area contributed by atoms with E-state index >= 15 is 0 Å². The summed E-state index contributed by atoms with van der Waals surface area (Å²) in [5, 5.41) is 9.16. The highest BCUT2D eigenvalue weighted by molar-refractivity contribution is 5.69. The van der Waals surface area contributed by atoms with Gasteiger partial charge in [-0.05, 0) is 37.1 Å². The van der Waals surface area contributed by atoms with E-state index in [2.05, 4.69) is 0 Å². The van der Waals surface area contributed by atoms with Gasteiger partial charge in [-0.25, -0.2) is 8.78 Å². The number of hydrogen-bond donors (Lipinski definition) is 0. The van der Waals surface area contributed by atoms with Gasteiger partial charge in [-0.1, -0.05) is 32.1 Å². The maximum atomic E-state index is 14.6. The van der Waals surface area contributed by atoms with Crippen molar-refractivity contribution < 1.29 is 39.9 Å². The van der Waals surface area contributed by atoms with Crippen molar-refractivity contribution in [3.63, 3.8) is 0 Å². The summed E-state index contributed by atoms with van der Waals surface area (Å²) in [6.45, 7) is 0.162. The molecule has 0 aliphatic rings. The Kier molecular flexibility index (Phi) is 9.71. The third kappa shape index (κ3) is 8.50. The van der Waals surface area contributed by atoms with Gasteiger partial charge in [-0.3, -0.25) is 0 Å². The molecule has 0 aliphatic carbocycles. The zero-order valence-electron chi connectivity index (χ0n) is 18.1. The Hall–Kier alpha value is -2.83. The smallest absolute Gasteiger partial charge is 0.416 e. The van der Waals surface area contributed by atoms with Crippen molar-refractivity contribution in [1.82, 2.24) is 0 Å². The summed E-state index contributed by atoms with van der Waals surface area (Å²) >= 11 is 0. The van der Waals surface area contributed by atoms with Gasteiger partial charge >= 0.3 is 12.4 Å². The standard InChI is InChI=1S/C24H23F8NO/c25-21-9-8-17(24(30,31)32)13-19(21)20-14-18(12-16(15-33)22(20)26)34-11-7-5-3-1-2-4-6-10-23(27,28)29/h8-9,12-14H,1-7,10-11H2. The molecule has 0 bridgehead atoms. The van der Waals surface area contributed by atoms with E-state index in [-0.39, 0.29) is 18.8 Å². The van der Waals surface area contributed by atoms with Crippen LogP contribution in [0.15, 0.2) is 30.3 Å². The Morgan fingerprint density at radius 3 is 1.97 bits per heavy atom. The fourth-order valence-electron chi connectivity index (χ4n) is 3.37. The zero-order chi connectivity index (χ0) is 25.4. The van der Waals surface area contributed by atoms with E-state index in [0.717, 1.165) is 31.4 Å². The lowest BCUT2D eigenvalue weighted by molar-refractivity contribution is -0.137. The number of hydrogen-bond acceptors (Lipinski definition) is 2. The molecule has 0 aliphatic heterocycles. The first kappa shape index (κ1) is 27.4. The SMILES string of the molecule is N#Cc1cc(OCCCCCCCCCC(F)(F)F)cc(-c2cc(C(F)(F)F)ccc2F)c1F. The van der Waals surface area contributed by atoms with Crippen LogP contribution in [0.1, 0.15) is 62.5 Å². The molecule has 0 saturated heterocycles. The molecule has 0 unspecified atom stereocenters. The minimum Gasteiger partial charge on any atom is -0.494 e. The van der Waals surface area contributed by atoms with Crippen molar-refractivity contribution in [3.8, 4) is 22.9 Å². The molecule has 0 saturated carbocycles. The monoisotopic (exact) mass is 493 g/mol. The molecule has 2 rings (SSSR count). The molecular formula is C24H23F8NO. The van der Waals surface area contributed by atoms with E-state index in [1.807, 2.05) is 0 Å². The zero-order valence-corrected chi connectivity index (χ0v) is 18.1. The molecule has 186 valence electrons. The normalized spacial score (nSPS) is 12.0. The van der Waals surface area contributed by atoms with Crippen molar-refractivity contribution in [2.45, 2.75) is 63.7 Å². The Bertz CT molecular complexity index is 992. The number of ether oxygens (including phenoxy) is 1. The maximum Gasteiger partial charge on any atom is 0.416 e. The summed E-state index contributed by atoms with van der Waals surface area (Å²) in [4.78, 5) is 0. The second-order valence-corrected chi connectivity index (χ2v) is 7.83. The highest BCUT2D eigenvalue weighted by Crippen LogP contribution is 2.36. The van der Waals surface area contributed by atoms with E-state index in [1.54, 1.807) is 6.07 Å². The van der Waals surface area contributed by atoms with E-state index < -0.39 is 52.7 Å². The molecule has 0 heterocycles. The average molecular weight is 493 g/mol. The highest BCUT2D eigenvalue weighted by Gasteiger charge is 2.32. The minimum atomic E-state index is -4.76. The Morgan fingerprint density at radius 2 is 1.38 bits per heavy atom. The molecule has 0 spiro atoms. The van der Waals surface area contributed by atoms with Gasteiger partial charge in [0.2, 0.25) is 0 Å². The van der Waals surface area contributed by atoms with Crippen LogP contribution >= 0.6 is 0 Å². The van der Waals surface area contributed by atoms with Crippen molar-refractivity contribution in [2.75, 3.05) is 6.61 Å². The predicted molar refractivity (Wildman–Crippen MR) is 110 cm³/mol. The first-order chi connectivity index (χ1) is 15.9. The van der Waals surface area contributed by atoms with Crippen LogP contribution in [-0.4, -0.2) is 12.8 Å². The molecule has 2 aromatic rings. The van der Waals surface area contributed by atoms with Crippen molar-refractivity contribution in [1.29, 1.82) is 5.26 Å². The number of benzene rings is 2. The fraction of sp³-hybridized carbons (Fsp3) is 0.458. The minimum absolute atomic E-state index is 0.0110. The van der Waals surface area contributed by atoms with Gasteiger partial charge in [0.25, 0.3) is 0 Å². The predicted octanol–water partition coefficient (Wildman–Crippen LogP) is 8.58. The molecule has 0 N–H and O–H groups in total. The first-order valence-corrected chi connectivity index (χ1v) is 10.7. The van der Waals surface area contributed by atoms with Gasteiger partial charge in [0.1, 0.15) is 23.5 Å². The van der Waals surface area contributed by atoms with Crippen molar-refractivity contribution in [2.24, 2.45) is 0 Å². The second-order valence-electron chi connectivity index (χ2n) is 7.83. The van der Waals surface area contributed by atoms with Gasteiger partial charge in [-0.2, -0.15) is 31.6 Å². The largest absolute Gasteiger partial charge is 0.494 e. The third-order valence-electron chi connectivity index (χ3n) is 5.12. The van der Waals surface area contributed by atoms with Crippen molar-refractivity contribution in [3.05, 3.63) is 53.1 Å². The Morgan fingerprint density at radius 1 is 0.765 bits per heavy atom. The van der Waals surface area contributed by atoms with Crippen LogP contribution in [0.25, 0.3) is 11.1 Å². The summed E-state index contributed by atoms with van der Waals surface area (Å²) in [6.07, 6.45) is -5.55. The molecule has 0 atom stereocenters. The van der Waals surface area contributed by atoms with E-state index in [9.17, 15) is 35.1 Å². The van der Waals surface area contributed by atoms with Gasteiger partial charge in [-0.15, -0.1) is 0 Å². The van der Waals surface area contributed by atoms with Crippen LogP contribution in [0.4, 0.5) is 35.1 Å².